The van der Waals surface area contributed by atoms with Crippen LogP contribution in [0.2, 0.25) is 0 Å². The number of para-hydroxylation sites is 1. The summed E-state index contributed by atoms with van der Waals surface area (Å²) in [6.07, 6.45) is 0.620. The second-order valence-electron chi connectivity index (χ2n) is 1.68. The molecule has 2 nitrogen and oxygen atoms in total. The van der Waals surface area contributed by atoms with E-state index >= 15 is 0 Å². The van der Waals surface area contributed by atoms with Crippen LogP contribution >= 0.6 is 0 Å². The SMILES string of the molecule is O=Cc1ccccc1O.[Na+]. The number of benzene rings is 1. The Labute approximate surface area is 81.2 Å². The molecular formula is C7H6NaO2+. The largest absolute Gasteiger partial charge is 1.00 e. The van der Waals surface area contributed by atoms with Gasteiger partial charge in [-0.2, -0.15) is 0 Å². The first-order valence-corrected chi connectivity index (χ1v) is 2.58. The Hall–Kier alpha value is -0.310. The van der Waals surface area contributed by atoms with Gasteiger partial charge in [0.25, 0.3) is 0 Å². The van der Waals surface area contributed by atoms with Crippen molar-refractivity contribution in [2.24, 2.45) is 0 Å². The van der Waals surface area contributed by atoms with E-state index in [0.29, 0.717) is 11.8 Å². The molecule has 0 aliphatic carbocycles. The maximum absolute atomic E-state index is 10.1. The number of carbonyl (C=O) groups excluding carboxylic acids is 1. The maximum Gasteiger partial charge on any atom is 1.00 e. The summed E-state index contributed by atoms with van der Waals surface area (Å²) in [7, 11) is 0. The van der Waals surface area contributed by atoms with E-state index in [-0.39, 0.29) is 35.3 Å². The average molecular weight is 145 g/mol. The number of rotatable bonds is 1. The zero-order valence-electron chi connectivity index (χ0n) is 5.74. The zero-order chi connectivity index (χ0) is 6.69. The van der Waals surface area contributed by atoms with Crippen molar-refractivity contribution in [1.82, 2.24) is 0 Å². The maximum atomic E-state index is 10.1. The molecule has 1 aromatic rings. The molecule has 0 spiro atoms. The normalized spacial score (nSPS) is 8.00. The van der Waals surface area contributed by atoms with Gasteiger partial charge in [-0.05, 0) is 12.1 Å². The van der Waals surface area contributed by atoms with Crippen LogP contribution in [0.15, 0.2) is 24.3 Å². The van der Waals surface area contributed by atoms with Crippen molar-refractivity contribution in [2.45, 2.75) is 0 Å². The summed E-state index contributed by atoms with van der Waals surface area (Å²) >= 11 is 0. The Bertz CT molecular complexity index is 223. The van der Waals surface area contributed by atoms with E-state index in [1.165, 1.54) is 6.07 Å². The molecule has 0 radical (unpaired) electrons. The standard InChI is InChI=1S/C7H6O2.Na/c8-5-6-3-1-2-4-7(6)9;/h1-5,9H;/q;+1. The van der Waals surface area contributed by atoms with Crippen LogP contribution in [0.5, 0.6) is 5.75 Å². The predicted molar refractivity (Wildman–Crippen MR) is 33.5 cm³/mol. The molecule has 3 heteroatoms. The van der Waals surface area contributed by atoms with E-state index in [4.69, 9.17) is 5.11 Å². The van der Waals surface area contributed by atoms with Crippen molar-refractivity contribution >= 4 is 6.29 Å². The van der Waals surface area contributed by atoms with E-state index in [2.05, 4.69) is 0 Å². The number of hydrogen-bond donors (Lipinski definition) is 1. The smallest absolute Gasteiger partial charge is 0.507 e. The Kier molecular flexibility index (Phi) is 4.36. The Morgan fingerprint density at radius 2 is 1.90 bits per heavy atom. The molecule has 0 heterocycles. The van der Waals surface area contributed by atoms with Gasteiger partial charge in [-0.3, -0.25) is 4.79 Å². The van der Waals surface area contributed by atoms with Crippen LogP contribution in [0, 0.1) is 0 Å². The third-order valence-electron chi connectivity index (χ3n) is 1.06. The van der Waals surface area contributed by atoms with Gasteiger partial charge in [-0.15, -0.1) is 0 Å². The molecular weight excluding hydrogens is 139 g/mol. The van der Waals surface area contributed by atoms with Crippen LogP contribution in [0.25, 0.3) is 0 Å². The first kappa shape index (κ1) is 9.69. The molecule has 46 valence electrons. The van der Waals surface area contributed by atoms with Crippen molar-refractivity contribution in [2.75, 3.05) is 0 Å². The monoisotopic (exact) mass is 145 g/mol. The molecule has 0 aliphatic rings. The van der Waals surface area contributed by atoms with E-state index in [0.717, 1.165) is 0 Å². The van der Waals surface area contributed by atoms with Gasteiger partial charge in [0.2, 0.25) is 0 Å². The topological polar surface area (TPSA) is 37.3 Å². The molecule has 1 rings (SSSR count). The van der Waals surface area contributed by atoms with Crippen LogP contribution in [-0.4, -0.2) is 11.4 Å². The number of phenols is 1. The van der Waals surface area contributed by atoms with Crippen LogP contribution in [-0.2, 0) is 0 Å². The molecule has 1 N–H and O–H groups in total. The minimum absolute atomic E-state index is 0. The van der Waals surface area contributed by atoms with Crippen molar-refractivity contribution in [3.8, 4) is 5.75 Å². The van der Waals surface area contributed by atoms with Gasteiger partial charge >= 0.3 is 29.6 Å². The summed E-state index contributed by atoms with van der Waals surface area (Å²) in [6.45, 7) is 0. The first-order valence-electron chi connectivity index (χ1n) is 2.58. The summed E-state index contributed by atoms with van der Waals surface area (Å²) in [5, 5.41) is 8.88. The summed E-state index contributed by atoms with van der Waals surface area (Å²) in [5.74, 6) is 0.0347. The Morgan fingerprint density at radius 1 is 1.30 bits per heavy atom. The molecule has 0 aromatic heterocycles. The summed E-state index contributed by atoms with van der Waals surface area (Å²) in [4.78, 5) is 10.1. The third kappa shape index (κ3) is 2.14. The summed E-state index contributed by atoms with van der Waals surface area (Å²) < 4.78 is 0. The molecule has 0 unspecified atom stereocenters. The van der Waals surface area contributed by atoms with Gasteiger partial charge < -0.3 is 5.11 Å². The fourth-order valence-electron chi connectivity index (χ4n) is 0.587. The minimum Gasteiger partial charge on any atom is -0.507 e. The molecule has 0 atom stereocenters. The van der Waals surface area contributed by atoms with Gasteiger partial charge in [0.05, 0.1) is 5.56 Å². The van der Waals surface area contributed by atoms with E-state index in [1.54, 1.807) is 18.2 Å². The Morgan fingerprint density at radius 3 is 2.30 bits per heavy atom. The van der Waals surface area contributed by atoms with Crippen LogP contribution < -0.4 is 29.6 Å². The molecule has 1 aromatic carbocycles. The third-order valence-corrected chi connectivity index (χ3v) is 1.06. The number of carbonyl (C=O) groups is 1. The summed E-state index contributed by atoms with van der Waals surface area (Å²) in [6, 6.07) is 6.40. The molecule has 0 saturated carbocycles. The molecule has 0 saturated heterocycles. The van der Waals surface area contributed by atoms with Gasteiger partial charge in [0, 0.05) is 0 Å². The molecule has 0 bridgehead atoms. The fourth-order valence-corrected chi connectivity index (χ4v) is 0.587. The van der Waals surface area contributed by atoms with E-state index in [1.807, 2.05) is 0 Å². The summed E-state index contributed by atoms with van der Waals surface area (Å²) in [5.41, 5.74) is 0.331. The second kappa shape index (κ2) is 4.50. The molecule has 10 heavy (non-hydrogen) atoms. The van der Waals surface area contributed by atoms with Crippen LogP contribution in [0.3, 0.4) is 0 Å². The number of aromatic hydroxyl groups is 1. The molecule has 0 aliphatic heterocycles. The van der Waals surface area contributed by atoms with Gasteiger partial charge in [0.1, 0.15) is 5.75 Å². The number of phenolic OH excluding ortho intramolecular Hbond substituents is 1. The number of aldehydes is 1. The van der Waals surface area contributed by atoms with Crippen LogP contribution in [0.1, 0.15) is 10.4 Å². The second-order valence-corrected chi connectivity index (χ2v) is 1.68. The van der Waals surface area contributed by atoms with Crippen molar-refractivity contribution in [3.05, 3.63) is 29.8 Å². The van der Waals surface area contributed by atoms with Crippen molar-refractivity contribution in [3.63, 3.8) is 0 Å². The minimum atomic E-state index is 0. The number of hydrogen-bond acceptors (Lipinski definition) is 2. The zero-order valence-corrected chi connectivity index (χ0v) is 7.74. The van der Waals surface area contributed by atoms with Gasteiger partial charge in [-0.1, -0.05) is 12.1 Å². The molecule has 0 amide bonds. The Balaban J connectivity index is 0.000000810. The van der Waals surface area contributed by atoms with E-state index < -0.39 is 0 Å². The first-order chi connectivity index (χ1) is 4.34. The van der Waals surface area contributed by atoms with Gasteiger partial charge in [0.15, 0.2) is 6.29 Å². The fraction of sp³-hybridized carbons (Fsp3) is 0. The average Bonchev–Trinajstić information content (AvgIpc) is 1.89. The molecule has 0 fully saturated rings. The van der Waals surface area contributed by atoms with Crippen LogP contribution in [0.4, 0.5) is 0 Å². The van der Waals surface area contributed by atoms with Crippen molar-refractivity contribution in [1.29, 1.82) is 0 Å². The van der Waals surface area contributed by atoms with Crippen molar-refractivity contribution < 1.29 is 39.5 Å². The van der Waals surface area contributed by atoms with Gasteiger partial charge in [-0.25, -0.2) is 0 Å². The predicted octanol–water partition coefficient (Wildman–Crippen LogP) is -1.79. The van der Waals surface area contributed by atoms with E-state index in [9.17, 15) is 4.79 Å². The quantitative estimate of drug-likeness (QED) is 0.374.